The Hall–Kier alpha value is -1.93. The largest absolute Gasteiger partial charge is 0.419 e. The van der Waals surface area contributed by atoms with Gasteiger partial charge in [-0.05, 0) is 36.7 Å². The molecule has 0 atom stereocenters. The highest BCUT2D eigenvalue weighted by Gasteiger charge is 2.35. The number of anilines is 1. The van der Waals surface area contributed by atoms with Crippen molar-refractivity contribution in [3.63, 3.8) is 0 Å². The molecule has 1 aromatic carbocycles. The van der Waals surface area contributed by atoms with Gasteiger partial charge in [0.1, 0.15) is 17.5 Å². The lowest BCUT2D eigenvalue weighted by atomic mass is 10.0. The highest BCUT2D eigenvalue weighted by Crippen LogP contribution is 2.36. The van der Waals surface area contributed by atoms with Crippen LogP contribution in [0.4, 0.5) is 27.8 Å². The van der Waals surface area contributed by atoms with Crippen LogP contribution in [0.3, 0.4) is 0 Å². The van der Waals surface area contributed by atoms with E-state index in [1.807, 2.05) is 0 Å². The summed E-state index contributed by atoms with van der Waals surface area (Å²) in [5, 5.41) is 5.29. The number of aromatic nitrogens is 1. The fraction of sp³-hybridized carbons (Fsp3) is 0.312. The van der Waals surface area contributed by atoms with Crippen LogP contribution in [-0.4, -0.2) is 11.5 Å². The fourth-order valence-electron chi connectivity index (χ4n) is 2.66. The predicted molar refractivity (Wildman–Crippen MR) is 83.3 cm³/mol. The molecule has 2 heterocycles. The first-order valence-corrected chi connectivity index (χ1v) is 7.81. The minimum atomic E-state index is -4.63. The van der Waals surface area contributed by atoms with E-state index in [0.717, 1.165) is 18.2 Å². The third kappa shape index (κ3) is 3.85. The molecule has 1 aliphatic heterocycles. The Labute approximate surface area is 145 Å². The maximum Gasteiger partial charge on any atom is 0.419 e. The normalized spacial score (nSPS) is 14.3. The van der Waals surface area contributed by atoms with Crippen molar-refractivity contribution >= 4 is 17.4 Å². The van der Waals surface area contributed by atoms with Crippen molar-refractivity contribution < 1.29 is 22.0 Å². The monoisotopic (exact) mass is 377 g/mol. The van der Waals surface area contributed by atoms with E-state index in [2.05, 4.69) is 15.6 Å². The Kier molecular flexibility index (Phi) is 4.83. The summed E-state index contributed by atoms with van der Waals surface area (Å²) in [5.74, 6) is -2.33. The summed E-state index contributed by atoms with van der Waals surface area (Å²) in [6.45, 7) is 0.420. The maximum absolute atomic E-state index is 13.8. The average Bonchev–Trinajstić information content (AvgIpc) is 2.52. The van der Waals surface area contributed by atoms with Crippen LogP contribution in [0.15, 0.2) is 18.2 Å². The molecule has 25 heavy (non-hydrogen) atoms. The standard InChI is InChI=1S/C16H13ClF5N3/c17-9-4-12(18)10(13(19)5-9)6-24-15-11(16(20,21)22)3-8-1-2-23-7-14(8)25-15/h3-5,23H,1-2,6-7H2,(H,24,25). The zero-order valence-corrected chi connectivity index (χ0v) is 13.5. The number of fused-ring (bicyclic) bond motifs is 1. The molecule has 0 radical (unpaired) electrons. The Balaban J connectivity index is 1.94. The maximum atomic E-state index is 13.8. The number of rotatable bonds is 3. The summed E-state index contributed by atoms with van der Waals surface area (Å²) in [7, 11) is 0. The molecule has 3 nitrogen and oxygen atoms in total. The van der Waals surface area contributed by atoms with Crippen LogP contribution >= 0.6 is 11.6 Å². The van der Waals surface area contributed by atoms with Gasteiger partial charge in [0.15, 0.2) is 0 Å². The Bertz CT molecular complexity index is 784. The van der Waals surface area contributed by atoms with Gasteiger partial charge in [-0.25, -0.2) is 13.8 Å². The van der Waals surface area contributed by atoms with Crippen molar-refractivity contribution in [1.29, 1.82) is 0 Å². The molecule has 2 aromatic rings. The van der Waals surface area contributed by atoms with Crippen LogP contribution in [-0.2, 0) is 25.7 Å². The van der Waals surface area contributed by atoms with Crippen molar-refractivity contribution in [2.45, 2.75) is 25.7 Å². The molecule has 3 rings (SSSR count). The summed E-state index contributed by atoms with van der Waals surface area (Å²) in [5.41, 5.74) is -0.364. The summed E-state index contributed by atoms with van der Waals surface area (Å²) in [6, 6.07) is 2.84. The van der Waals surface area contributed by atoms with Gasteiger partial charge < -0.3 is 10.6 Å². The number of alkyl halides is 3. The van der Waals surface area contributed by atoms with Crippen LogP contribution in [0.2, 0.25) is 5.02 Å². The highest BCUT2D eigenvalue weighted by molar-refractivity contribution is 6.30. The molecule has 0 fully saturated rings. The van der Waals surface area contributed by atoms with Gasteiger partial charge in [-0.2, -0.15) is 13.2 Å². The van der Waals surface area contributed by atoms with Crippen LogP contribution in [0.5, 0.6) is 0 Å². The number of nitrogens with one attached hydrogen (secondary N) is 2. The number of halogens is 6. The molecule has 0 unspecified atom stereocenters. The summed E-state index contributed by atoms with van der Waals surface area (Å²) < 4.78 is 67.5. The second-order valence-corrected chi connectivity index (χ2v) is 6.05. The molecule has 1 aliphatic rings. The zero-order valence-electron chi connectivity index (χ0n) is 12.8. The van der Waals surface area contributed by atoms with Crippen LogP contribution in [0, 0.1) is 11.6 Å². The summed E-state index contributed by atoms with van der Waals surface area (Å²) >= 11 is 5.54. The summed E-state index contributed by atoms with van der Waals surface area (Å²) in [6.07, 6.45) is -4.20. The lowest BCUT2D eigenvalue weighted by Gasteiger charge is -2.21. The van der Waals surface area contributed by atoms with Crippen LogP contribution < -0.4 is 10.6 Å². The first-order chi connectivity index (χ1) is 11.8. The minimum Gasteiger partial charge on any atom is -0.365 e. The van der Waals surface area contributed by atoms with E-state index in [4.69, 9.17) is 11.6 Å². The van der Waals surface area contributed by atoms with Gasteiger partial charge >= 0.3 is 6.18 Å². The lowest BCUT2D eigenvalue weighted by molar-refractivity contribution is -0.137. The van der Waals surface area contributed by atoms with Crippen molar-refractivity contribution in [2.24, 2.45) is 0 Å². The van der Waals surface area contributed by atoms with E-state index >= 15 is 0 Å². The molecule has 0 amide bonds. The van der Waals surface area contributed by atoms with Crippen molar-refractivity contribution in [1.82, 2.24) is 10.3 Å². The third-order valence-corrected chi connectivity index (χ3v) is 4.12. The molecular formula is C16H13ClF5N3. The highest BCUT2D eigenvalue weighted by atomic mass is 35.5. The van der Waals surface area contributed by atoms with Gasteiger partial charge in [-0.3, -0.25) is 0 Å². The predicted octanol–water partition coefficient (Wildman–Crippen LogP) is 4.29. The van der Waals surface area contributed by atoms with Crippen LogP contribution in [0.25, 0.3) is 0 Å². The molecule has 0 bridgehead atoms. The average molecular weight is 378 g/mol. The minimum absolute atomic E-state index is 0.132. The Morgan fingerprint density at radius 2 is 1.84 bits per heavy atom. The van der Waals surface area contributed by atoms with E-state index in [-0.39, 0.29) is 5.02 Å². The van der Waals surface area contributed by atoms with E-state index in [0.29, 0.717) is 30.8 Å². The number of hydrogen-bond donors (Lipinski definition) is 2. The third-order valence-electron chi connectivity index (χ3n) is 3.90. The van der Waals surface area contributed by atoms with E-state index in [1.165, 1.54) is 0 Å². The van der Waals surface area contributed by atoms with Crippen molar-refractivity contribution in [3.8, 4) is 0 Å². The molecule has 9 heteroatoms. The summed E-state index contributed by atoms with van der Waals surface area (Å²) in [4.78, 5) is 4.01. The molecule has 0 spiro atoms. The first kappa shape index (κ1) is 17.9. The Morgan fingerprint density at radius 3 is 2.48 bits per heavy atom. The van der Waals surface area contributed by atoms with E-state index < -0.39 is 41.3 Å². The molecule has 0 aliphatic carbocycles. The molecule has 0 saturated heterocycles. The van der Waals surface area contributed by atoms with Gasteiger partial charge in [0.05, 0.1) is 11.3 Å². The van der Waals surface area contributed by atoms with Gasteiger partial charge in [-0.1, -0.05) is 11.6 Å². The van der Waals surface area contributed by atoms with Crippen molar-refractivity contribution in [2.75, 3.05) is 11.9 Å². The zero-order chi connectivity index (χ0) is 18.2. The number of pyridine rings is 1. The molecule has 0 saturated carbocycles. The van der Waals surface area contributed by atoms with Gasteiger partial charge in [0, 0.05) is 23.7 Å². The van der Waals surface area contributed by atoms with E-state index in [1.54, 1.807) is 0 Å². The second-order valence-electron chi connectivity index (χ2n) is 5.62. The van der Waals surface area contributed by atoms with Crippen LogP contribution in [0.1, 0.15) is 22.4 Å². The van der Waals surface area contributed by atoms with Gasteiger partial charge in [-0.15, -0.1) is 0 Å². The molecule has 134 valence electrons. The number of benzene rings is 1. The molecule has 1 aromatic heterocycles. The Morgan fingerprint density at radius 1 is 1.16 bits per heavy atom. The SMILES string of the molecule is Fc1cc(Cl)cc(F)c1CNc1nc2c(cc1C(F)(F)F)CCNC2. The second kappa shape index (κ2) is 6.76. The lowest BCUT2D eigenvalue weighted by Crippen LogP contribution is -2.26. The smallest absolute Gasteiger partial charge is 0.365 e. The van der Waals surface area contributed by atoms with E-state index in [9.17, 15) is 22.0 Å². The van der Waals surface area contributed by atoms with Gasteiger partial charge in [0.2, 0.25) is 0 Å². The molecule has 2 N–H and O–H groups in total. The molecular weight excluding hydrogens is 365 g/mol. The van der Waals surface area contributed by atoms with Gasteiger partial charge in [0.25, 0.3) is 0 Å². The topological polar surface area (TPSA) is 37.0 Å². The number of hydrogen-bond acceptors (Lipinski definition) is 3. The first-order valence-electron chi connectivity index (χ1n) is 7.43. The quantitative estimate of drug-likeness (QED) is 0.783. The fourth-order valence-corrected chi connectivity index (χ4v) is 2.85. The number of nitrogens with zero attached hydrogens (tertiary/aromatic N) is 1. The van der Waals surface area contributed by atoms with Crippen molar-refractivity contribution in [3.05, 3.63) is 57.2 Å².